The summed E-state index contributed by atoms with van der Waals surface area (Å²) in [5.41, 5.74) is 4.69. The maximum absolute atomic E-state index is 13.7. The smallest absolute Gasteiger partial charge is 0.409 e. The van der Waals surface area contributed by atoms with Crippen molar-refractivity contribution in [1.29, 1.82) is 0 Å². The average molecular weight is 580 g/mol. The van der Waals surface area contributed by atoms with Crippen molar-refractivity contribution >= 4 is 23.4 Å². The quantitative estimate of drug-likeness (QED) is 0.231. The van der Waals surface area contributed by atoms with Crippen molar-refractivity contribution in [3.05, 3.63) is 125 Å². The molecule has 0 aliphatic heterocycles. The van der Waals surface area contributed by atoms with Crippen LogP contribution in [0.1, 0.15) is 17.4 Å². The Labute approximate surface area is 243 Å². The van der Waals surface area contributed by atoms with Crippen LogP contribution in [0.5, 0.6) is 0 Å². The van der Waals surface area contributed by atoms with E-state index in [1.807, 2.05) is 18.2 Å². The maximum Gasteiger partial charge on any atom is 0.409 e. The molecule has 4 heterocycles. The molecule has 0 radical (unpaired) electrons. The number of amides is 1. The number of halogens is 1. The minimum absolute atomic E-state index is 0.244. The van der Waals surface area contributed by atoms with Gasteiger partial charge in [-0.15, -0.1) is 5.10 Å². The van der Waals surface area contributed by atoms with E-state index >= 15 is 0 Å². The van der Waals surface area contributed by atoms with Gasteiger partial charge < -0.3 is 14.7 Å². The standard InChI is InChI=1S/C29H22ClN9O3/c30-21-5-8-25(39-17-33-36-37-39)23(14-21)20-9-11-38(27(40)13-20)26(12-18-2-1-10-31-15-18)28-32-16-24(35-28)19-3-6-22(7-4-19)34-29(41)42/h1-11,13-17,26,34H,12H2,(H,32,35)(H,41,42). The van der Waals surface area contributed by atoms with E-state index in [2.05, 4.69) is 35.8 Å². The van der Waals surface area contributed by atoms with Crippen molar-refractivity contribution in [1.82, 2.24) is 39.7 Å². The van der Waals surface area contributed by atoms with Crippen LogP contribution in [-0.2, 0) is 6.42 Å². The largest absolute Gasteiger partial charge is 0.465 e. The molecule has 0 spiro atoms. The van der Waals surface area contributed by atoms with Gasteiger partial charge in [0.1, 0.15) is 12.2 Å². The molecule has 12 nitrogen and oxygen atoms in total. The van der Waals surface area contributed by atoms with E-state index in [1.54, 1.807) is 77.9 Å². The highest BCUT2D eigenvalue weighted by Gasteiger charge is 2.21. The van der Waals surface area contributed by atoms with Crippen molar-refractivity contribution in [3.63, 3.8) is 0 Å². The number of nitrogens with zero attached hydrogens (tertiary/aromatic N) is 7. The summed E-state index contributed by atoms with van der Waals surface area (Å²) in [6.07, 6.45) is 7.67. The molecule has 3 N–H and O–H groups in total. The number of pyridine rings is 2. The summed E-state index contributed by atoms with van der Waals surface area (Å²) in [7, 11) is 0. The molecule has 2 aromatic carbocycles. The molecular weight excluding hydrogens is 558 g/mol. The predicted molar refractivity (Wildman–Crippen MR) is 156 cm³/mol. The van der Waals surface area contributed by atoms with Gasteiger partial charge in [0.05, 0.1) is 23.6 Å². The van der Waals surface area contributed by atoms with Crippen molar-refractivity contribution in [2.45, 2.75) is 12.5 Å². The van der Waals surface area contributed by atoms with Gasteiger partial charge in [0.2, 0.25) is 0 Å². The molecule has 42 heavy (non-hydrogen) atoms. The number of nitrogens with one attached hydrogen (secondary N) is 2. The average Bonchev–Trinajstić information content (AvgIpc) is 3.70. The molecule has 1 atom stereocenters. The molecule has 0 bridgehead atoms. The highest BCUT2D eigenvalue weighted by molar-refractivity contribution is 6.31. The van der Waals surface area contributed by atoms with E-state index in [1.165, 1.54) is 11.0 Å². The normalized spacial score (nSPS) is 11.7. The van der Waals surface area contributed by atoms with E-state index in [0.29, 0.717) is 39.8 Å². The number of H-pyrrole nitrogens is 1. The molecule has 0 saturated carbocycles. The Morgan fingerprint density at radius 2 is 1.90 bits per heavy atom. The number of hydrogen-bond donors (Lipinski definition) is 3. The van der Waals surface area contributed by atoms with Crippen LogP contribution < -0.4 is 10.9 Å². The number of hydrogen-bond acceptors (Lipinski definition) is 7. The van der Waals surface area contributed by atoms with Crippen molar-refractivity contribution in [2.24, 2.45) is 0 Å². The lowest BCUT2D eigenvalue weighted by Crippen LogP contribution is -2.27. The van der Waals surface area contributed by atoms with Crippen LogP contribution in [0, 0.1) is 0 Å². The van der Waals surface area contributed by atoms with Gasteiger partial charge in [0.25, 0.3) is 5.56 Å². The summed E-state index contributed by atoms with van der Waals surface area (Å²) in [6.45, 7) is 0. The van der Waals surface area contributed by atoms with E-state index in [9.17, 15) is 9.59 Å². The lowest BCUT2D eigenvalue weighted by atomic mass is 10.0. The number of aromatic amines is 1. The SMILES string of the molecule is O=C(O)Nc1ccc(-c2cnc(C(Cc3cccnc3)n3ccc(-c4cc(Cl)ccc4-n4cnnn4)cc3=O)[nH]2)cc1. The third-order valence-electron chi connectivity index (χ3n) is 6.66. The minimum atomic E-state index is -1.14. The lowest BCUT2D eigenvalue weighted by Gasteiger charge is -2.19. The van der Waals surface area contributed by atoms with Crippen molar-refractivity contribution in [2.75, 3.05) is 5.32 Å². The zero-order valence-electron chi connectivity index (χ0n) is 21.8. The van der Waals surface area contributed by atoms with Crippen LogP contribution in [0.3, 0.4) is 0 Å². The molecule has 0 fully saturated rings. The monoisotopic (exact) mass is 579 g/mol. The first-order chi connectivity index (χ1) is 20.4. The number of tetrazole rings is 1. The fourth-order valence-corrected chi connectivity index (χ4v) is 4.88. The van der Waals surface area contributed by atoms with E-state index in [0.717, 1.165) is 16.8 Å². The van der Waals surface area contributed by atoms with E-state index < -0.39 is 12.1 Å². The van der Waals surface area contributed by atoms with Gasteiger partial charge in [-0.25, -0.2) is 9.78 Å². The third-order valence-corrected chi connectivity index (χ3v) is 6.89. The molecule has 0 saturated heterocycles. The molecule has 1 unspecified atom stereocenters. The van der Waals surface area contributed by atoms with Crippen LogP contribution in [0.2, 0.25) is 5.02 Å². The third kappa shape index (κ3) is 5.64. The van der Waals surface area contributed by atoms with Crippen LogP contribution >= 0.6 is 11.6 Å². The highest BCUT2D eigenvalue weighted by Crippen LogP contribution is 2.30. The molecule has 0 aliphatic carbocycles. The topological polar surface area (TPSA) is 156 Å². The van der Waals surface area contributed by atoms with Gasteiger partial charge in [-0.3, -0.25) is 15.1 Å². The van der Waals surface area contributed by atoms with Gasteiger partial charge in [0, 0.05) is 47.4 Å². The Balaban J connectivity index is 1.37. The second-order valence-corrected chi connectivity index (χ2v) is 9.78. The van der Waals surface area contributed by atoms with Gasteiger partial charge in [0.15, 0.2) is 0 Å². The molecule has 6 aromatic rings. The second-order valence-electron chi connectivity index (χ2n) is 9.35. The first-order valence-corrected chi connectivity index (χ1v) is 13.1. The summed E-state index contributed by atoms with van der Waals surface area (Å²) in [5, 5.41) is 23.2. The number of carboxylic acid groups (broad SMARTS) is 1. The summed E-state index contributed by atoms with van der Waals surface area (Å²) in [5.74, 6) is 0.577. The molecule has 1 amide bonds. The zero-order valence-corrected chi connectivity index (χ0v) is 22.6. The van der Waals surface area contributed by atoms with Crippen LogP contribution in [0.15, 0.2) is 103 Å². The Morgan fingerprint density at radius 1 is 1.05 bits per heavy atom. The first-order valence-electron chi connectivity index (χ1n) is 12.7. The molecule has 4 aromatic heterocycles. The number of rotatable bonds is 8. The zero-order chi connectivity index (χ0) is 29.1. The Kier molecular flexibility index (Phi) is 7.26. The van der Waals surface area contributed by atoms with Gasteiger partial charge in [-0.2, -0.15) is 4.68 Å². The number of carbonyl (C=O) groups is 1. The second kappa shape index (κ2) is 11.5. The minimum Gasteiger partial charge on any atom is -0.465 e. The Morgan fingerprint density at radius 3 is 2.62 bits per heavy atom. The molecule has 6 rings (SSSR count). The van der Waals surface area contributed by atoms with E-state index in [-0.39, 0.29) is 5.56 Å². The first kappa shape index (κ1) is 26.6. The van der Waals surface area contributed by atoms with Gasteiger partial charge >= 0.3 is 6.09 Å². The van der Waals surface area contributed by atoms with Gasteiger partial charge in [-0.1, -0.05) is 29.8 Å². The molecule has 13 heteroatoms. The Hall–Kier alpha value is -5.62. The van der Waals surface area contributed by atoms with Crippen molar-refractivity contribution in [3.8, 4) is 28.1 Å². The number of benzene rings is 2. The number of imidazole rings is 1. The summed E-state index contributed by atoms with van der Waals surface area (Å²) >= 11 is 6.31. The van der Waals surface area contributed by atoms with Crippen LogP contribution in [0.4, 0.5) is 10.5 Å². The summed E-state index contributed by atoms with van der Waals surface area (Å²) < 4.78 is 3.14. The fourth-order valence-electron chi connectivity index (χ4n) is 4.70. The summed E-state index contributed by atoms with van der Waals surface area (Å²) in [6, 6.07) is 18.9. The highest BCUT2D eigenvalue weighted by atomic mass is 35.5. The number of aromatic nitrogens is 8. The molecule has 0 aliphatic rings. The molecular formula is C29H22ClN9O3. The predicted octanol–water partition coefficient (Wildman–Crippen LogP) is 4.85. The fraction of sp³-hybridized carbons (Fsp3) is 0.0690. The van der Waals surface area contributed by atoms with Crippen molar-refractivity contribution < 1.29 is 9.90 Å². The molecule has 208 valence electrons. The maximum atomic E-state index is 13.7. The van der Waals surface area contributed by atoms with Gasteiger partial charge in [-0.05, 0) is 69.6 Å². The number of anilines is 1. The summed E-state index contributed by atoms with van der Waals surface area (Å²) in [4.78, 5) is 36.8. The van der Waals surface area contributed by atoms with Crippen LogP contribution in [0.25, 0.3) is 28.1 Å². The lowest BCUT2D eigenvalue weighted by molar-refractivity contribution is 0.209. The Bertz CT molecular complexity index is 1900. The van der Waals surface area contributed by atoms with Crippen LogP contribution in [-0.4, -0.2) is 50.9 Å². The van der Waals surface area contributed by atoms with E-state index in [4.69, 9.17) is 16.7 Å².